The van der Waals surface area contributed by atoms with E-state index in [1.165, 1.54) is 16.5 Å². The predicted octanol–water partition coefficient (Wildman–Crippen LogP) is -0.0480. The molecule has 2 aromatic heterocycles. The van der Waals surface area contributed by atoms with Gasteiger partial charge in [0, 0.05) is 25.8 Å². The van der Waals surface area contributed by atoms with E-state index in [9.17, 15) is 19.5 Å². The molecule has 1 atom stereocenters. The fourth-order valence-corrected chi connectivity index (χ4v) is 2.92. The molecule has 1 aliphatic heterocycles. The Kier molecular flexibility index (Phi) is 4.00. The van der Waals surface area contributed by atoms with Crippen LogP contribution in [0.3, 0.4) is 0 Å². The number of fused-ring (bicyclic) bond motifs is 1. The number of carbonyl (C=O) groups is 1. The first-order chi connectivity index (χ1) is 11.3. The highest BCUT2D eigenvalue weighted by atomic mass is 16.3. The number of hydrogen-bond donors (Lipinski definition) is 2. The van der Waals surface area contributed by atoms with Crippen molar-refractivity contribution in [1.29, 1.82) is 0 Å². The van der Waals surface area contributed by atoms with Crippen LogP contribution in [0.1, 0.15) is 42.2 Å². The van der Waals surface area contributed by atoms with E-state index in [2.05, 4.69) is 9.97 Å². The Morgan fingerprint density at radius 3 is 2.71 bits per heavy atom. The van der Waals surface area contributed by atoms with Gasteiger partial charge in [-0.15, -0.1) is 0 Å². The van der Waals surface area contributed by atoms with Crippen LogP contribution in [0.4, 0.5) is 0 Å². The summed E-state index contributed by atoms with van der Waals surface area (Å²) in [5.41, 5.74) is -0.159. The van der Waals surface area contributed by atoms with Crippen molar-refractivity contribution in [1.82, 2.24) is 19.4 Å². The first kappa shape index (κ1) is 16.4. The Hall–Kier alpha value is -2.48. The van der Waals surface area contributed by atoms with Crippen LogP contribution >= 0.6 is 0 Å². The lowest BCUT2D eigenvalue weighted by Gasteiger charge is -2.18. The van der Waals surface area contributed by atoms with Crippen molar-refractivity contribution < 1.29 is 9.90 Å². The van der Waals surface area contributed by atoms with Gasteiger partial charge in [-0.3, -0.25) is 19.1 Å². The molecule has 0 aliphatic carbocycles. The number of nitrogens with zero attached hydrogens (tertiary/aromatic N) is 3. The average Bonchev–Trinajstić information content (AvgIpc) is 2.97. The molecule has 8 heteroatoms. The van der Waals surface area contributed by atoms with Gasteiger partial charge in [-0.1, -0.05) is 13.8 Å². The van der Waals surface area contributed by atoms with Gasteiger partial charge in [0.25, 0.3) is 11.5 Å². The highest BCUT2D eigenvalue weighted by molar-refractivity contribution is 6.05. The van der Waals surface area contributed by atoms with Gasteiger partial charge in [-0.2, -0.15) is 0 Å². The molecule has 128 valence electrons. The van der Waals surface area contributed by atoms with Gasteiger partial charge in [0.1, 0.15) is 5.65 Å². The lowest BCUT2D eigenvalue weighted by molar-refractivity contribution is 0.0766. The topological polar surface area (TPSA) is 108 Å². The lowest BCUT2D eigenvalue weighted by atomic mass is 10.0. The van der Waals surface area contributed by atoms with E-state index in [0.717, 1.165) is 0 Å². The molecule has 1 aliphatic rings. The van der Waals surface area contributed by atoms with Crippen LogP contribution in [0.5, 0.6) is 0 Å². The highest BCUT2D eigenvalue weighted by Gasteiger charge is 2.28. The minimum Gasteiger partial charge on any atom is -0.391 e. The number of carbonyl (C=O) groups excluding carboxylic acids is 1. The predicted molar refractivity (Wildman–Crippen MR) is 88.2 cm³/mol. The fourth-order valence-electron chi connectivity index (χ4n) is 2.92. The van der Waals surface area contributed by atoms with Crippen LogP contribution in [0.25, 0.3) is 11.0 Å². The number of nitrogens with one attached hydrogen (secondary N) is 1. The zero-order valence-corrected chi connectivity index (χ0v) is 13.9. The number of aliphatic hydroxyl groups is 1. The van der Waals surface area contributed by atoms with Gasteiger partial charge >= 0.3 is 5.69 Å². The van der Waals surface area contributed by atoms with Gasteiger partial charge in [-0.25, -0.2) is 9.78 Å². The van der Waals surface area contributed by atoms with E-state index < -0.39 is 17.4 Å². The second-order valence-electron chi connectivity index (χ2n) is 6.46. The molecule has 3 rings (SSSR count). The van der Waals surface area contributed by atoms with E-state index in [-0.39, 0.29) is 35.0 Å². The third-order valence-corrected chi connectivity index (χ3v) is 4.36. The second kappa shape index (κ2) is 5.86. The number of likely N-dealkylation sites (tertiary alicyclic amines) is 1. The van der Waals surface area contributed by atoms with Crippen molar-refractivity contribution in [3.63, 3.8) is 0 Å². The van der Waals surface area contributed by atoms with Crippen LogP contribution in [0.2, 0.25) is 0 Å². The summed E-state index contributed by atoms with van der Waals surface area (Å²) >= 11 is 0. The van der Waals surface area contributed by atoms with Crippen LogP contribution in [-0.2, 0) is 7.05 Å². The summed E-state index contributed by atoms with van der Waals surface area (Å²) in [6.07, 6.45) is -0.0325. The average molecular weight is 332 g/mol. The minimum absolute atomic E-state index is 0.0273. The number of aromatic nitrogens is 3. The van der Waals surface area contributed by atoms with E-state index in [4.69, 9.17) is 0 Å². The number of H-pyrrole nitrogens is 1. The smallest absolute Gasteiger partial charge is 0.329 e. The summed E-state index contributed by atoms with van der Waals surface area (Å²) in [5.74, 6) is -0.301. The standard InChI is InChI=1S/C16H20N4O4/c1-8(2)11-6-10(15(23)20-5-4-9(21)7-20)12-13(17-11)19(3)16(24)18-14(12)22/h6,8-9,21H,4-5,7H2,1-3H3,(H,18,22,24). The van der Waals surface area contributed by atoms with E-state index in [1.807, 2.05) is 13.8 Å². The molecular formula is C16H20N4O4. The maximum Gasteiger partial charge on any atom is 0.329 e. The monoisotopic (exact) mass is 332 g/mol. The Morgan fingerprint density at radius 1 is 1.42 bits per heavy atom. The summed E-state index contributed by atoms with van der Waals surface area (Å²) < 4.78 is 1.23. The third kappa shape index (κ3) is 2.62. The maximum absolute atomic E-state index is 12.9. The fraction of sp³-hybridized carbons (Fsp3) is 0.500. The van der Waals surface area contributed by atoms with Crippen LogP contribution in [0.15, 0.2) is 15.7 Å². The molecule has 0 spiro atoms. The van der Waals surface area contributed by atoms with Crippen LogP contribution in [-0.4, -0.2) is 49.6 Å². The first-order valence-electron chi connectivity index (χ1n) is 7.91. The van der Waals surface area contributed by atoms with Crippen molar-refractivity contribution in [2.75, 3.05) is 13.1 Å². The number of amides is 1. The number of β-amino-alcohol motifs (C(OH)–C–C–N with tert-alkyl or cyclic N) is 1. The molecule has 0 saturated carbocycles. The first-order valence-corrected chi connectivity index (χ1v) is 7.91. The van der Waals surface area contributed by atoms with Crippen molar-refractivity contribution >= 4 is 16.9 Å². The zero-order chi connectivity index (χ0) is 17.6. The van der Waals surface area contributed by atoms with Crippen LogP contribution < -0.4 is 11.2 Å². The molecule has 1 fully saturated rings. The summed E-state index contributed by atoms with van der Waals surface area (Å²) in [6.45, 7) is 4.52. The van der Waals surface area contributed by atoms with Gasteiger partial charge < -0.3 is 10.0 Å². The molecule has 0 radical (unpaired) electrons. The van der Waals surface area contributed by atoms with Crippen LogP contribution in [0, 0.1) is 0 Å². The Bertz CT molecular complexity index is 928. The molecule has 3 heterocycles. The Balaban J connectivity index is 2.29. The van der Waals surface area contributed by atoms with Gasteiger partial charge in [0.2, 0.25) is 0 Å². The van der Waals surface area contributed by atoms with E-state index in [0.29, 0.717) is 18.7 Å². The van der Waals surface area contributed by atoms with E-state index >= 15 is 0 Å². The molecule has 1 saturated heterocycles. The molecule has 0 bridgehead atoms. The van der Waals surface area contributed by atoms with E-state index in [1.54, 1.807) is 6.07 Å². The van der Waals surface area contributed by atoms with Gasteiger partial charge in [-0.05, 0) is 18.4 Å². The molecule has 2 aromatic rings. The van der Waals surface area contributed by atoms with Crippen molar-refractivity contribution in [3.05, 3.63) is 38.2 Å². The largest absolute Gasteiger partial charge is 0.391 e. The molecule has 1 amide bonds. The molecule has 24 heavy (non-hydrogen) atoms. The molecule has 8 nitrogen and oxygen atoms in total. The zero-order valence-electron chi connectivity index (χ0n) is 13.9. The third-order valence-electron chi connectivity index (χ3n) is 4.36. The Morgan fingerprint density at radius 2 is 2.12 bits per heavy atom. The molecular weight excluding hydrogens is 312 g/mol. The van der Waals surface area contributed by atoms with Gasteiger partial charge in [0.05, 0.1) is 17.1 Å². The molecule has 2 N–H and O–H groups in total. The molecule has 1 unspecified atom stereocenters. The van der Waals surface area contributed by atoms with Gasteiger partial charge in [0.15, 0.2) is 0 Å². The maximum atomic E-state index is 12.9. The number of aliphatic hydroxyl groups excluding tert-OH is 1. The SMILES string of the molecule is CC(C)c1cc(C(=O)N2CCC(O)C2)c2c(=O)[nH]c(=O)n(C)c2n1. The van der Waals surface area contributed by atoms with Crippen molar-refractivity contribution in [2.24, 2.45) is 7.05 Å². The normalized spacial score (nSPS) is 17.9. The summed E-state index contributed by atoms with van der Waals surface area (Å²) in [4.78, 5) is 45.2. The number of aryl methyl sites for hydroxylation is 1. The minimum atomic E-state index is -0.626. The summed E-state index contributed by atoms with van der Waals surface area (Å²) in [7, 11) is 1.51. The number of pyridine rings is 1. The summed E-state index contributed by atoms with van der Waals surface area (Å²) in [6, 6.07) is 1.61. The summed E-state index contributed by atoms with van der Waals surface area (Å²) in [5, 5.41) is 9.77. The Labute approximate surface area is 137 Å². The van der Waals surface area contributed by atoms with Crippen molar-refractivity contribution in [3.8, 4) is 0 Å². The highest BCUT2D eigenvalue weighted by Crippen LogP contribution is 2.22. The lowest BCUT2D eigenvalue weighted by Crippen LogP contribution is -2.34. The number of hydrogen-bond acceptors (Lipinski definition) is 5. The quantitative estimate of drug-likeness (QED) is 0.802. The molecule has 0 aromatic carbocycles. The second-order valence-corrected chi connectivity index (χ2v) is 6.46. The van der Waals surface area contributed by atoms with Crippen molar-refractivity contribution in [2.45, 2.75) is 32.3 Å². The number of aromatic amines is 1. The number of rotatable bonds is 2.